The molecular weight excluding hydrogens is 432 g/mol. The van der Waals surface area contributed by atoms with Gasteiger partial charge in [-0.2, -0.15) is 10.2 Å². The molecule has 182 valence electrons. The van der Waals surface area contributed by atoms with Crippen molar-refractivity contribution >= 4 is 12.7 Å². The van der Waals surface area contributed by atoms with Crippen LogP contribution in [0.4, 0.5) is 0 Å². The molecule has 0 aromatic heterocycles. The summed E-state index contributed by atoms with van der Waals surface area (Å²) in [5.41, 5.74) is 9.06. The van der Waals surface area contributed by atoms with E-state index in [9.17, 15) is 0 Å². The Bertz CT molecular complexity index is 987. The maximum Gasteiger partial charge on any atom is 0.161 e. The average molecular weight is 467 g/mol. The SMILES string of the molecule is COc1cc2c(cc1OCc1ccc(OC3CCN(C=NN)CC3)cc1)CCN(N=CN)CC2. The molecule has 0 radical (unpaired) electrons. The summed E-state index contributed by atoms with van der Waals surface area (Å²) in [6, 6.07) is 12.3. The molecule has 0 amide bonds. The van der Waals surface area contributed by atoms with E-state index >= 15 is 0 Å². The van der Waals surface area contributed by atoms with Crippen LogP contribution in [0.15, 0.2) is 46.6 Å². The second-order valence-corrected chi connectivity index (χ2v) is 8.54. The van der Waals surface area contributed by atoms with E-state index in [1.54, 1.807) is 13.4 Å². The van der Waals surface area contributed by atoms with Crippen LogP contribution in [0, 0.1) is 0 Å². The third-order valence-electron chi connectivity index (χ3n) is 6.32. The second-order valence-electron chi connectivity index (χ2n) is 8.54. The summed E-state index contributed by atoms with van der Waals surface area (Å²) < 4.78 is 17.9. The zero-order chi connectivity index (χ0) is 23.8. The molecule has 2 aromatic rings. The summed E-state index contributed by atoms with van der Waals surface area (Å²) in [5, 5.41) is 9.81. The fraction of sp³-hybridized carbons (Fsp3) is 0.440. The molecule has 2 aromatic carbocycles. The van der Waals surface area contributed by atoms with Gasteiger partial charge in [-0.1, -0.05) is 12.1 Å². The quantitative estimate of drug-likeness (QED) is 0.266. The van der Waals surface area contributed by atoms with Crippen LogP contribution in [-0.4, -0.2) is 62.0 Å². The molecule has 2 heterocycles. The van der Waals surface area contributed by atoms with E-state index in [-0.39, 0.29) is 6.10 Å². The lowest BCUT2D eigenvalue weighted by Crippen LogP contribution is -2.37. The molecule has 0 saturated carbocycles. The minimum atomic E-state index is 0.208. The van der Waals surface area contributed by atoms with E-state index in [1.165, 1.54) is 17.5 Å². The Kier molecular flexibility index (Phi) is 7.95. The summed E-state index contributed by atoms with van der Waals surface area (Å²) in [4.78, 5) is 2.11. The molecule has 1 saturated heterocycles. The van der Waals surface area contributed by atoms with Crippen molar-refractivity contribution in [2.45, 2.75) is 38.4 Å². The number of likely N-dealkylation sites (tertiary alicyclic amines) is 1. The van der Waals surface area contributed by atoms with Gasteiger partial charge in [-0.3, -0.25) is 5.01 Å². The van der Waals surface area contributed by atoms with E-state index in [2.05, 4.69) is 27.2 Å². The van der Waals surface area contributed by atoms with E-state index in [0.717, 1.165) is 74.7 Å². The van der Waals surface area contributed by atoms with Gasteiger partial charge in [-0.15, -0.1) is 0 Å². The monoisotopic (exact) mass is 466 g/mol. The number of ether oxygens (including phenoxy) is 3. The lowest BCUT2D eigenvalue weighted by Gasteiger charge is -2.30. The van der Waals surface area contributed by atoms with Crippen LogP contribution in [0.3, 0.4) is 0 Å². The maximum atomic E-state index is 6.16. The molecule has 9 nitrogen and oxygen atoms in total. The third kappa shape index (κ3) is 6.03. The van der Waals surface area contributed by atoms with E-state index < -0.39 is 0 Å². The first-order valence-corrected chi connectivity index (χ1v) is 11.7. The Hall–Kier alpha value is -3.62. The van der Waals surface area contributed by atoms with Crippen molar-refractivity contribution in [3.8, 4) is 17.2 Å². The van der Waals surface area contributed by atoms with Crippen LogP contribution in [-0.2, 0) is 19.4 Å². The van der Waals surface area contributed by atoms with Crippen molar-refractivity contribution < 1.29 is 14.2 Å². The highest BCUT2D eigenvalue weighted by Gasteiger charge is 2.19. The summed E-state index contributed by atoms with van der Waals surface area (Å²) in [6.07, 6.45) is 6.93. The fourth-order valence-electron chi connectivity index (χ4n) is 4.42. The van der Waals surface area contributed by atoms with Crippen molar-refractivity contribution in [3.63, 3.8) is 0 Å². The second kappa shape index (κ2) is 11.5. The van der Waals surface area contributed by atoms with Crippen LogP contribution in [0.25, 0.3) is 0 Å². The van der Waals surface area contributed by atoms with Gasteiger partial charge in [0.1, 0.15) is 31.1 Å². The summed E-state index contributed by atoms with van der Waals surface area (Å²) in [7, 11) is 1.68. The lowest BCUT2D eigenvalue weighted by atomic mass is 10.0. The van der Waals surface area contributed by atoms with Crippen molar-refractivity contribution in [3.05, 3.63) is 53.1 Å². The highest BCUT2D eigenvalue weighted by atomic mass is 16.5. The standard InChI is InChI=1S/C25H34N6O3/c1-32-24-14-20-6-12-31(29-17-26)13-7-21(20)15-25(24)33-16-19-2-4-22(5-3-19)34-23-8-10-30(11-9-23)18-28-27/h2-5,14-15,17-18,23H,6-13,16,27H2,1H3,(H2,26,29). The minimum Gasteiger partial charge on any atom is -0.493 e. The highest BCUT2D eigenvalue weighted by molar-refractivity contribution is 5.54. The van der Waals surface area contributed by atoms with Gasteiger partial charge in [0.25, 0.3) is 0 Å². The van der Waals surface area contributed by atoms with Crippen molar-refractivity contribution in [2.75, 3.05) is 33.3 Å². The molecular formula is C25H34N6O3. The van der Waals surface area contributed by atoms with Crippen molar-refractivity contribution in [1.82, 2.24) is 9.91 Å². The largest absolute Gasteiger partial charge is 0.493 e. The number of benzene rings is 2. The first-order valence-electron chi connectivity index (χ1n) is 11.7. The van der Waals surface area contributed by atoms with Crippen molar-refractivity contribution in [2.24, 2.45) is 21.8 Å². The molecule has 9 heteroatoms. The molecule has 34 heavy (non-hydrogen) atoms. The Morgan fingerprint density at radius 3 is 2.29 bits per heavy atom. The number of hydrogen-bond acceptors (Lipinski definition) is 7. The van der Waals surface area contributed by atoms with Gasteiger partial charge < -0.3 is 30.7 Å². The van der Waals surface area contributed by atoms with Gasteiger partial charge in [0.05, 0.1) is 7.11 Å². The summed E-state index contributed by atoms with van der Waals surface area (Å²) >= 11 is 0. The first-order chi connectivity index (χ1) is 16.7. The van der Waals surface area contributed by atoms with Gasteiger partial charge >= 0.3 is 0 Å². The molecule has 1 fully saturated rings. The van der Waals surface area contributed by atoms with Crippen LogP contribution >= 0.6 is 0 Å². The van der Waals surface area contributed by atoms with E-state index in [0.29, 0.717) is 6.61 Å². The smallest absolute Gasteiger partial charge is 0.161 e. The van der Waals surface area contributed by atoms with E-state index in [1.807, 2.05) is 29.3 Å². The minimum absolute atomic E-state index is 0.208. The number of nitrogens with two attached hydrogens (primary N) is 2. The molecule has 0 unspecified atom stereocenters. The molecule has 2 aliphatic rings. The van der Waals surface area contributed by atoms with Crippen LogP contribution in [0.2, 0.25) is 0 Å². The number of piperidine rings is 1. The Morgan fingerprint density at radius 1 is 1.00 bits per heavy atom. The summed E-state index contributed by atoms with van der Waals surface area (Å²) in [5.74, 6) is 7.61. The van der Waals surface area contributed by atoms with E-state index in [4.69, 9.17) is 25.8 Å². The lowest BCUT2D eigenvalue weighted by molar-refractivity contribution is 0.132. The average Bonchev–Trinajstić information content (AvgIpc) is 3.06. The predicted octanol–water partition coefficient (Wildman–Crippen LogP) is 2.32. The number of rotatable bonds is 8. The van der Waals surface area contributed by atoms with Crippen LogP contribution in [0.5, 0.6) is 17.2 Å². The molecule has 4 rings (SSSR count). The van der Waals surface area contributed by atoms with Gasteiger partial charge in [-0.05, 0) is 53.8 Å². The number of fused-ring (bicyclic) bond motifs is 1. The summed E-state index contributed by atoms with van der Waals surface area (Å²) in [6.45, 7) is 3.92. The molecule has 2 aliphatic heterocycles. The van der Waals surface area contributed by atoms with Crippen LogP contribution in [0.1, 0.15) is 29.5 Å². The van der Waals surface area contributed by atoms with Crippen LogP contribution < -0.4 is 25.8 Å². The number of nitrogens with zero attached hydrogens (tertiary/aromatic N) is 4. The topological polar surface area (TPSA) is 111 Å². The maximum absolute atomic E-state index is 6.16. The predicted molar refractivity (Wildman–Crippen MR) is 133 cm³/mol. The van der Waals surface area contributed by atoms with Gasteiger partial charge in [0.15, 0.2) is 11.5 Å². The Balaban J connectivity index is 1.34. The van der Waals surface area contributed by atoms with Crippen molar-refractivity contribution in [1.29, 1.82) is 0 Å². The number of methoxy groups -OCH3 is 1. The normalized spacial score (nSPS) is 17.1. The Morgan fingerprint density at radius 2 is 1.68 bits per heavy atom. The van der Waals surface area contributed by atoms with Gasteiger partial charge in [0, 0.05) is 39.0 Å². The molecule has 0 spiro atoms. The highest BCUT2D eigenvalue weighted by Crippen LogP contribution is 2.33. The third-order valence-corrected chi connectivity index (χ3v) is 6.32. The number of hydrazone groups is 2. The first kappa shape index (κ1) is 23.5. The number of hydrogen-bond donors (Lipinski definition) is 2. The van der Waals surface area contributed by atoms with Gasteiger partial charge in [-0.25, -0.2) is 0 Å². The molecule has 0 bridgehead atoms. The zero-order valence-electron chi connectivity index (χ0n) is 19.7. The van der Waals surface area contributed by atoms with Gasteiger partial charge in [0.2, 0.25) is 0 Å². The Labute approximate surface area is 200 Å². The zero-order valence-corrected chi connectivity index (χ0v) is 19.7. The molecule has 0 aliphatic carbocycles. The molecule has 0 atom stereocenters. The fourth-order valence-corrected chi connectivity index (χ4v) is 4.42. The molecule has 4 N–H and O–H groups in total.